The zero-order valence-electron chi connectivity index (χ0n) is 11.3. The lowest BCUT2D eigenvalue weighted by Crippen LogP contribution is -2.23. The molecule has 0 saturated heterocycles. The van der Waals surface area contributed by atoms with Gasteiger partial charge >= 0.3 is 0 Å². The van der Waals surface area contributed by atoms with E-state index in [4.69, 9.17) is 0 Å². The molecule has 1 aromatic carbocycles. The van der Waals surface area contributed by atoms with E-state index in [0.717, 1.165) is 17.4 Å². The van der Waals surface area contributed by atoms with Gasteiger partial charge in [-0.25, -0.2) is 0 Å². The molecule has 5 heteroatoms. The molecule has 1 atom stereocenters. The fraction of sp³-hybridized carbons (Fsp3) is 0.333. The molecule has 0 saturated carbocycles. The van der Waals surface area contributed by atoms with Crippen molar-refractivity contribution in [2.45, 2.75) is 26.3 Å². The van der Waals surface area contributed by atoms with Gasteiger partial charge in [-0.3, -0.25) is 0 Å². The highest BCUT2D eigenvalue weighted by Crippen LogP contribution is 2.38. The molecular formula is C15H16Br2INS. The number of rotatable bonds is 5. The predicted octanol–water partition coefficient (Wildman–Crippen LogP) is 6.28. The first kappa shape index (κ1) is 16.9. The Bertz CT molecular complexity index is 598. The molecular weight excluding hydrogens is 513 g/mol. The molecule has 0 fully saturated rings. The number of nitrogens with one attached hydrogen (secondary N) is 1. The molecule has 0 amide bonds. The Kier molecular flexibility index (Phi) is 6.53. The molecule has 2 aromatic rings. The van der Waals surface area contributed by atoms with Crippen LogP contribution in [-0.2, 0) is 0 Å². The monoisotopic (exact) mass is 527 g/mol. The van der Waals surface area contributed by atoms with E-state index in [9.17, 15) is 0 Å². The first-order valence-electron chi connectivity index (χ1n) is 6.47. The van der Waals surface area contributed by atoms with E-state index < -0.39 is 0 Å². The number of thiophene rings is 1. The third-order valence-electron chi connectivity index (χ3n) is 2.97. The van der Waals surface area contributed by atoms with E-state index in [1.165, 1.54) is 23.4 Å². The van der Waals surface area contributed by atoms with Crippen LogP contribution in [0.3, 0.4) is 0 Å². The predicted molar refractivity (Wildman–Crippen MR) is 104 cm³/mol. The zero-order chi connectivity index (χ0) is 14.7. The summed E-state index contributed by atoms with van der Waals surface area (Å²) in [4.78, 5) is 2.68. The smallest absolute Gasteiger partial charge is 0.0693 e. The highest BCUT2D eigenvalue weighted by molar-refractivity contribution is 14.1. The molecule has 0 spiro atoms. The number of benzene rings is 1. The molecule has 108 valence electrons. The minimum atomic E-state index is 0.229. The summed E-state index contributed by atoms with van der Waals surface area (Å²) in [5.74, 6) is 0. The lowest BCUT2D eigenvalue weighted by Gasteiger charge is -2.20. The largest absolute Gasteiger partial charge is 0.306 e. The summed E-state index contributed by atoms with van der Waals surface area (Å²) in [6, 6.07) is 8.93. The lowest BCUT2D eigenvalue weighted by atomic mass is 10.1. The summed E-state index contributed by atoms with van der Waals surface area (Å²) in [7, 11) is 0. The second-order valence-electron chi connectivity index (χ2n) is 4.62. The van der Waals surface area contributed by atoms with E-state index in [1.54, 1.807) is 0 Å². The van der Waals surface area contributed by atoms with E-state index >= 15 is 0 Å². The van der Waals surface area contributed by atoms with Crippen LogP contribution in [0.1, 0.15) is 34.7 Å². The quantitative estimate of drug-likeness (QED) is 0.451. The van der Waals surface area contributed by atoms with Crippen molar-refractivity contribution < 1.29 is 0 Å². The van der Waals surface area contributed by atoms with Crippen LogP contribution in [0.5, 0.6) is 0 Å². The van der Waals surface area contributed by atoms with Crippen LogP contribution in [0.2, 0.25) is 0 Å². The highest BCUT2D eigenvalue weighted by Gasteiger charge is 2.21. The maximum atomic E-state index is 3.70. The minimum Gasteiger partial charge on any atom is -0.306 e. The average Bonchev–Trinajstić information content (AvgIpc) is 2.73. The molecule has 0 bridgehead atoms. The Morgan fingerprint density at radius 2 is 2.00 bits per heavy atom. The van der Waals surface area contributed by atoms with Gasteiger partial charge in [0.2, 0.25) is 0 Å². The van der Waals surface area contributed by atoms with Gasteiger partial charge in [-0.05, 0) is 88.2 Å². The first-order valence-corrected chi connectivity index (χ1v) is 9.95. The van der Waals surface area contributed by atoms with Gasteiger partial charge in [0, 0.05) is 22.3 Å². The normalized spacial score (nSPS) is 12.7. The Balaban J connectivity index is 2.46. The minimum absolute atomic E-state index is 0.229. The van der Waals surface area contributed by atoms with Crippen LogP contribution in [-0.4, -0.2) is 6.54 Å². The molecule has 1 N–H and O–H groups in total. The van der Waals surface area contributed by atoms with E-state index in [0.29, 0.717) is 0 Å². The standard InChI is InChI=1S/C15H16Br2INS/c1-3-6-19-14(15-13(17)7-9(2)20-15)11-8-10(18)4-5-12(11)16/h4-5,7-8,14,19H,3,6H2,1-2H3. The Morgan fingerprint density at radius 1 is 1.25 bits per heavy atom. The zero-order valence-corrected chi connectivity index (χ0v) is 17.5. The fourth-order valence-corrected chi connectivity index (χ4v) is 5.03. The third-order valence-corrected chi connectivity index (χ3v) is 6.39. The molecule has 1 aromatic heterocycles. The van der Waals surface area contributed by atoms with Gasteiger partial charge in [-0.2, -0.15) is 0 Å². The molecule has 0 aliphatic rings. The van der Waals surface area contributed by atoms with Crippen LogP contribution in [0.25, 0.3) is 0 Å². The summed E-state index contributed by atoms with van der Waals surface area (Å²) in [6.45, 7) is 5.36. The topological polar surface area (TPSA) is 12.0 Å². The summed E-state index contributed by atoms with van der Waals surface area (Å²) in [5, 5.41) is 3.67. The van der Waals surface area contributed by atoms with Crippen molar-refractivity contribution in [1.29, 1.82) is 0 Å². The SMILES string of the molecule is CCCNC(c1cc(I)ccc1Br)c1sc(C)cc1Br. The Morgan fingerprint density at radius 3 is 2.60 bits per heavy atom. The summed E-state index contributed by atoms with van der Waals surface area (Å²) < 4.78 is 3.61. The van der Waals surface area contributed by atoms with Crippen LogP contribution in [0.4, 0.5) is 0 Å². The van der Waals surface area contributed by atoms with Gasteiger partial charge in [0.15, 0.2) is 0 Å². The van der Waals surface area contributed by atoms with Gasteiger partial charge in [-0.15, -0.1) is 11.3 Å². The highest BCUT2D eigenvalue weighted by atomic mass is 127. The Hall–Kier alpha value is 0.570. The number of hydrogen-bond donors (Lipinski definition) is 1. The molecule has 20 heavy (non-hydrogen) atoms. The molecule has 1 nitrogen and oxygen atoms in total. The maximum Gasteiger partial charge on any atom is 0.0693 e. The fourth-order valence-electron chi connectivity index (χ4n) is 2.07. The summed E-state index contributed by atoms with van der Waals surface area (Å²) in [5.41, 5.74) is 1.30. The number of hydrogen-bond acceptors (Lipinski definition) is 2. The van der Waals surface area contributed by atoms with Gasteiger partial charge in [-0.1, -0.05) is 22.9 Å². The molecule has 2 rings (SSSR count). The van der Waals surface area contributed by atoms with Crippen molar-refractivity contribution in [3.8, 4) is 0 Å². The van der Waals surface area contributed by atoms with Gasteiger partial charge in [0.25, 0.3) is 0 Å². The first-order chi connectivity index (χ1) is 9.52. The second-order valence-corrected chi connectivity index (χ2v) is 8.86. The van der Waals surface area contributed by atoms with Crippen molar-refractivity contribution in [3.63, 3.8) is 0 Å². The van der Waals surface area contributed by atoms with E-state index in [2.05, 4.69) is 97.9 Å². The third kappa shape index (κ3) is 4.06. The van der Waals surface area contributed by atoms with Crippen molar-refractivity contribution >= 4 is 65.8 Å². The van der Waals surface area contributed by atoms with Crippen molar-refractivity contribution in [2.24, 2.45) is 0 Å². The van der Waals surface area contributed by atoms with E-state index in [-0.39, 0.29) is 6.04 Å². The van der Waals surface area contributed by atoms with Crippen LogP contribution >= 0.6 is 65.8 Å². The van der Waals surface area contributed by atoms with Gasteiger partial charge < -0.3 is 5.32 Å². The van der Waals surface area contributed by atoms with Crippen molar-refractivity contribution in [1.82, 2.24) is 5.32 Å². The number of halogens is 3. The molecule has 1 unspecified atom stereocenters. The van der Waals surface area contributed by atoms with Gasteiger partial charge in [0.1, 0.15) is 0 Å². The van der Waals surface area contributed by atoms with Crippen LogP contribution in [0, 0.1) is 10.5 Å². The number of aryl methyl sites for hydroxylation is 1. The second kappa shape index (κ2) is 7.72. The maximum absolute atomic E-state index is 3.70. The molecule has 1 heterocycles. The van der Waals surface area contributed by atoms with Gasteiger partial charge in [0.05, 0.1) is 6.04 Å². The van der Waals surface area contributed by atoms with Crippen LogP contribution < -0.4 is 5.32 Å². The average molecular weight is 529 g/mol. The lowest BCUT2D eigenvalue weighted by molar-refractivity contribution is 0.602. The summed E-state index contributed by atoms with van der Waals surface area (Å²) in [6.07, 6.45) is 1.13. The molecule has 0 radical (unpaired) electrons. The van der Waals surface area contributed by atoms with E-state index in [1.807, 2.05) is 11.3 Å². The van der Waals surface area contributed by atoms with Crippen molar-refractivity contribution in [2.75, 3.05) is 6.54 Å². The van der Waals surface area contributed by atoms with Crippen LogP contribution in [0.15, 0.2) is 33.2 Å². The van der Waals surface area contributed by atoms with Crippen molar-refractivity contribution in [3.05, 3.63) is 52.1 Å². The Labute approximate surface area is 155 Å². The summed E-state index contributed by atoms with van der Waals surface area (Å²) >= 11 is 11.6. The molecule has 0 aliphatic carbocycles. The molecule has 0 aliphatic heterocycles.